The average Bonchev–Trinajstić information content (AvgIpc) is 2.61. The lowest BCUT2D eigenvalue weighted by Gasteiger charge is -2.24. The first-order chi connectivity index (χ1) is 13.0. The maximum Gasteiger partial charge on any atom is 0.305 e. The Balaban J connectivity index is 1.84. The largest absolute Gasteiger partial charge is 0.481 e. The third-order valence-corrected chi connectivity index (χ3v) is 4.31. The van der Waals surface area contributed by atoms with E-state index in [-0.39, 0.29) is 37.2 Å². The lowest BCUT2D eigenvalue weighted by molar-refractivity contribution is -0.137. The highest BCUT2D eigenvalue weighted by Crippen LogP contribution is 2.13. The fourth-order valence-corrected chi connectivity index (χ4v) is 2.85. The van der Waals surface area contributed by atoms with Crippen LogP contribution in [-0.4, -0.2) is 53.3 Å². The Kier molecular flexibility index (Phi) is 7.79. The molecule has 8 nitrogen and oxygen atoms in total. The normalized spacial score (nSPS) is 14.8. The maximum absolute atomic E-state index is 12.2. The molecule has 0 saturated carbocycles. The lowest BCUT2D eigenvalue weighted by atomic mass is 10.1. The molecular formula is C19H25N3O5. The first kappa shape index (κ1) is 20.4. The molecule has 1 aromatic rings. The van der Waals surface area contributed by atoms with Gasteiger partial charge in [0.15, 0.2) is 0 Å². The third kappa shape index (κ3) is 7.08. The molecule has 1 aromatic carbocycles. The molecule has 1 fully saturated rings. The lowest BCUT2D eigenvalue weighted by Crippen LogP contribution is -2.39. The highest BCUT2D eigenvalue weighted by atomic mass is 16.4. The van der Waals surface area contributed by atoms with Gasteiger partial charge in [-0.2, -0.15) is 0 Å². The number of rotatable bonds is 7. The summed E-state index contributed by atoms with van der Waals surface area (Å²) in [6.07, 6.45) is 4.25. The van der Waals surface area contributed by atoms with Crippen molar-refractivity contribution in [3.63, 3.8) is 0 Å². The van der Waals surface area contributed by atoms with E-state index in [9.17, 15) is 19.2 Å². The number of anilines is 1. The van der Waals surface area contributed by atoms with Crippen molar-refractivity contribution in [2.24, 2.45) is 0 Å². The molecule has 27 heavy (non-hydrogen) atoms. The summed E-state index contributed by atoms with van der Waals surface area (Å²) in [5.74, 6) is -1.62. The van der Waals surface area contributed by atoms with E-state index in [1.807, 2.05) is 0 Å². The van der Waals surface area contributed by atoms with Gasteiger partial charge >= 0.3 is 5.97 Å². The Morgan fingerprint density at radius 2 is 1.74 bits per heavy atom. The van der Waals surface area contributed by atoms with E-state index < -0.39 is 5.97 Å². The van der Waals surface area contributed by atoms with E-state index in [2.05, 4.69) is 10.6 Å². The summed E-state index contributed by atoms with van der Waals surface area (Å²) in [5, 5.41) is 13.8. The minimum atomic E-state index is -0.980. The molecule has 146 valence electrons. The van der Waals surface area contributed by atoms with E-state index in [0.29, 0.717) is 24.2 Å². The quantitative estimate of drug-likeness (QED) is 0.670. The zero-order valence-corrected chi connectivity index (χ0v) is 15.2. The van der Waals surface area contributed by atoms with Crippen molar-refractivity contribution in [2.75, 3.05) is 25.0 Å². The predicted octanol–water partition coefficient (Wildman–Crippen LogP) is 1.62. The number of nitrogens with one attached hydrogen (secondary N) is 2. The SMILES string of the molecule is O=C(O)CCNC(=O)c1ccc(NC(=O)CN2CCCCCCC2=O)cc1. The summed E-state index contributed by atoms with van der Waals surface area (Å²) in [6, 6.07) is 6.29. The number of carboxylic acid groups (broad SMARTS) is 1. The van der Waals surface area contributed by atoms with Gasteiger partial charge in [0.05, 0.1) is 13.0 Å². The Hall–Kier alpha value is -2.90. The Morgan fingerprint density at radius 1 is 1.04 bits per heavy atom. The number of carbonyl (C=O) groups is 4. The van der Waals surface area contributed by atoms with Crippen LogP contribution in [0, 0.1) is 0 Å². The van der Waals surface area contributed by atoms with Crippen LogP contribution in [0.4, 0.5) is 5.69 Å². The summed E-state index contributed by atoms with van der Waals surface area (Å²) in [6.45, 7) is 0.675. The number of aliphatic carboxylic acids is 1. The molecule has 0 spiro atoms. The summed E-state index contributed by atoms with van der Waals surface area (Å²) in [7, 11) is 0. The number of hydrogen-bond donors (Lipinski definition) is 3. The molecule has 1 aliphatic rings. The van der Waals surface area contributed by atoms with Crippen molar-refractivity contribution in [3.05, 3.63) is 29.8 Å². The first-order valence-electron chi connectivity index (χ1n) is 9.13. The number of nitrogens with zero attached hydrogens (tertiary/aromatic N) is 1. The molecule has 0 aromatic heterocycles. The van der Waals surface area contributed by atoms with E-state index in [1.54, 1.807) is 29.2 Å². The van der Waals surface area contributed by atoms with Crippen molar-refractivity contribution in [1.29, 1.82) is 0 Å². The zero-order valence-electron chi connectivity index (χ0n) is 15.2. The second kappa shape index (κ2) is 10.3. The van der Waals surface area contributed by atoms with Crippen molar-refractivity contribution < 1.29 is 24.3 Å². The minimum Gasteiger partial charge on any atom is -0.481 e. The van der Waals surface area contributed by atoms with Gasteiger partial charge in [-0.25, -0.2) is 0 Å². The van der Waals surface area contributed by atoms with Crippen LogP contribution in [0.2, 0.25) is 0 Å². The smallest absolute Gasteiger partial charge is 0.305 e. The molecule has 8 heteroatoms. The van der Waals surface area contributed by atoms with Crippen molar-refractivity contribution in [2.45, 2.75) is 38.5 Å². The highest BCUT2D eigenvalue weighted by molar-refractivity contribution is 5.97. The van der Waals surface area contributed by atoms with Crippen LogP contribution in [-0.2, 0) is 14.4 Å². The van der Waals surface area contributed by atoms with Gasteiger partial charge in [0, 0.05) is 30.8 Å². The fourth-order valence-electron chi connectivity index (χ4n) is 2.85. The number of carboxylic acids is 1. The van der Waals surface area contributed by atoms with E-state index >= 15 is 0 Å². The minimum absolute atomic E-state index is 0.0122. The molecule has 0 unspecified atom stereocenters. The first-order valence-corrected chi connectivity index (χ1v) is 9.13. The predicted molar refractivity (Wildman–Crippen MR) is 99.3 cm³/mol. The molecule has 1 heterocycles. The third-order valence-electron chi connectivity index (χ3n) is 4.31. The maximum atomic E-state index is 12.2. The highest BCUT2D eigenvalue weighted by Gasteiger charge is 2.18. The molecule has 1 saturated heterocycles. The van der Waals surface area contributed by atoms with Crippen molar-refractivity contribution in [1.82, 2.24) is 10.2 Å². The second-order valence-electron chi connectivity index (χ2n) is 6.50. The second-order valence-corrected chi connectivity index (χ2v) is 6.50. The van der Waals surface area contributed by atoms with Gasteiger partial charge in [-0.05, 0) is 37.1 Å². The number of hydrogen-bond acceptors (Lipinski definition) is 4. The van der Waals surface area contributed by atoms with Crippen LogP contribution < -0.4 is 10.6 Å². The van der Waals surface area contributed by atoms with Crippen LogP contribution in [0.1, 0.15) is 48.9 Å². The molecule has 1 aliphatic heterocycles. The van der Waals surface area contributed by atoms with Gasteiger partial charge in [0.2, 0.25) is 11.8 Å². The van der Waals surface area contributed by atoms with Crippen molar-refractivity contribution in [3.8, 4) is 0 Å². The molecule has 2 rings (SSSR count). The number of amides is 3. The molecule has 3 N–H and O–H groups in total. The van der Waals surface area contributed by atoms with Gasteiger partial charge in [-0.3, -0.25) is 19.2 Å². The van der Waals surface area contributed by atoms with E-state index in [0.717, 1.165) is 25.7 Å². The van der Waals surface area contributed by atoms with Gasteiger partial charge in [0.25, 0.3) is 5.91 Å². The van der Waals surface area contributed by atoms with Crippen LogP contribution in [0.25, 0.3) is 0 Å². The topological polar surface area (TPSA) is 116 Å². The molecule has 3 amide bonds. The fraction of sp³-hybridized carbons (Fsp3) is 0.474. The molecule has 0 bridgehead atoms. The van der Waals surface area contributed by atoms with E-state index in [1.165, 1.54) is 0 Å². The summed E-state index contributed by atoms with van der Waals surface area (Å²) in [5.41, 5.74) is 0.902. The van der Waals surface area contributed by atoms with Gasteiger partial charge < -0.3 is 20.6 Å². The standard InChI is InChI=1S/C19H25N3O5/c23-16(13-22-12-4-2-1-3-5-17(22)24)21-15-8-6-14(7-9-15)19(27)20-11-10-18(25)26/h6-9H,1-5,10-13H2,(H,20,27)(H,21,23)(H,25,26). The zero-order chi connectivity index (χ0) is 19.6. The molecule has 0 aliphatic carbocycles. The average molecular weight is 375 g/mol. The number of likely N-dealkylation sites (tertiary alicyclic amines) is 1. The number of benzene rings is 1. The molecule has 0 radical (unpaired) electrons. The van der Waals surface area contributed by atoms with Gasteiger partial charge in [0.1, 0.15) is 0 Å². The van der Waals surface area contributed by atoms with Crippen LogP contribution >= 0.6 is 0 Å². The van der Waals surface area contributed by atoms with Crippen LogP contribution in [0.5, 0.6) is 0 Å². The summed E-state index contributed by atoms with van der Waals surface area (Å²) < 4.78 is 0. The van der Waals surface area contributed by atoms with Crippen molar-refractivity contribution >= 4 is 29.4 Å². The van der Waals surface area contributed by atoms with Crippen LogP contribution in [0.3, 0.4) is 0 Å². The summed E-state index contributed by atoms with van der Waals surface area (Å²) in [4.78, 5) is 48.2. The van der Waals surface area contributed by atoms with Gasteiger partial charge in [-0.1, -0.05) is 12.8 Å². The monoisotopic (exact) mass is 375 g/mol. The van der Waals surface area contributed by atoms with Crippen LogP contribution in [0.15, 0.2) is 24.3 Å². The molecular weight excluding hydrogens is 350 g/mol. The Labute approximate surface area is 157 Å². The van der Waals surface area contributed by atoms with E-state index in [4.69, 9.17) is 5.11 Å². The molecule has 0 atom stereocenters. The Morgan fingerprint density at radius 3 is 2.44 bits per heavy atom. The van der Waals surface area contributed by atoms with Gasteiger partial charge in [-0.15, -0.1) is 0 Å². The Bertz CT molecular complexity index is 687. The number of carbonyl (C=O) groups excluding carboxylic acids is 3. The summed E-state index contributed by atoms with van der Waals surface area (Å²) >= 11 is 0.